The van der Waals surface area contributed by atoms with Gasteiger partial charge in [0.1, 0.15) is 17.6 Å². The van der Waals surface area contributed by atoms with Gasteiger partial charge in [-0.2, -0.15) is 0 Å². The number of carboxylic acid groups (broad SMARTS) is 1. The van der Waals surface area contributed by atoms with E-state index < -0.39 is 47.9 Å². The number of nitrogens with two attached hydrogens (primary N) is 1. The second-order valence-electron chi connectivity index (χ2n) is 6.89. The van der Waals surface area contributed by atoms with Gasteiger partial charge >= 0.3 is 5.97 Å². The summed E-state index contributed by atoms with van der Waals surface area (Å²) in [7, 11) is 0. The van der Waals surface area contributed by atoms with Gasteiger partial charge in [-0.15, -0.1) is 11.6 Å². The maximum Gasteiger partial charge on any atom is 0.303 e. The van der Waals surface area contributed by atoms with E-state index in [0.717, 1.165) is 4.90 Å². The maximum absolute atomic E-state index is 15.4. The van der Waals surface area contributed by atoms with E-state index in [0.29, 0.717) is 0 Å². The third-order valence-corrected chi connectivity index (χ3v) is 5.43. The van der Waals surface area contributed by atoms with Crippen LogP contribution in [0, 0.1) is 11.6 Å². The van der Waals surface area contributed by atoms with Gasteiger partial charge in [0.15, 0.2) is 5.82 Å². The topological polar surface area (TPSA) is 114 Å². The number of pyridine rings is 1. The van der Waals surface area contributed by atoms with E-state index in [1.165, 1.54) is 31.3 Å². The van der Waals surface area contributed by atoms with Crippen LogP contribution in [0.15, 0.2) is 24.4 Å². The summed E-state index contributed by atoms with van der Waals surface area (Å²) in [6.07, 6.45) is 0.699. The second kappa shape index (κ2) is 8.35. The largest absolute Gasteiger partial charge is 0.481 e. The number of benzene rings is 1. The molecule has 2 aromatic rings. The highest BCUT2D eigenvalue weighted by Gasteiger charge is 2.43. The number of fused-ring (bicyclic) bond motifs is 1. The first-order chi connectivity index (χ1) is 14.2. The van der Waals surface area contributed by atoms with E-state index in [2.05, 4.69) is 4.98 Å². The summed E-state index contributed by atoms with van der Waals surface area (Å²) >= 11 is 5.70. The molecule has 0 saturated carbocycles. The fourth-order valence-electron chi connectivity index (χ4n) is 3.69. The number of hydrogen-bond acceptors (Lipinski definition) is 4. The van der Waals surface area contributed by atoms with Crippen LogP contribution in [0.5, 0.6) is 0 Å². The standard InChI is InChI=1S/C20H18ClF2N3O4/c1-9-15-11(20(30)26(9)13(19(24)29)4-5-14(27)28)2-3-12(17(15)23)18-16(22)10(8-21)6-7-25-18/h2-3,6-7,9,13H,4-5,8H2,1H3,(H2,24,29)(H,27,28)/t9-,13+/m1/s1. The zero-order valence-electron chi connectivity index (χ0n) is 15.9. The van der Waals surface area contributed by atoms with Gasteiger partial charge in [-0.3, -0.25) is 19.4 Å². The minimum Gasteiger partial charge on any atom is -0.481 e. The van der Waals surface area contributed by atoms with Crippen molar-refractivity contribution in [3.8, 4) is 11.3 Å². The van der Waals surface area contributed by atoms with E-state index in [4.69, 9.17) is 22.4 Å². The monoisotopic (exact) mass is 437 g/mol. The Morgan fingerprint density at radius 2 is 1.93 bits per heavy atom. The molecule has 0 saturated heterocycles. The van der Waals surface area contributed by atoms with Crippen molar-refractivity contribution in [2.24, 2.45) is 5.73 Å². The van der Waals surface area contributed by atoms with Crippen LogP contribution < -0.4 is 5.73 Å². The minimum absolute atomic E-state index is 0.000712. The van der Waals surface area contributed by atoms with Crippen LogP contribution in [0.2, 0.25) is 0 Å². The van der Waals surface area contributed by atoms with Crippen molar-refractivity contribution >= 4 is 29.4 Å². The van der Waals surface area contributed by atoms with E-state index in [1.54, 1.807) is 0 Å². The van der Waals surface area contributed by atoms with E-state index in [-0.39, 0.29) is 40.2 Å². The Kier molecular flexibility index (Phi) is 6.02. The molecule has 158 valence electrons. The number of aliphatic carboxylic acids is 1. The molecule has 1 aromatic heterocycles. The molecule has 0 bridgehead atoms. The number of aromatic nitrogens is 1. The fourth-order valence-corrected chi connectivity index (χ4v) is 3.90. The molecule has 2 heterocycles. The number of carbonyl (C=O) groups is 3. The SMILES string of the molecule is C[C@@H]1c2c(ccc(-c3nccc(CCl)c3F)c2F)C(=O)N1[C@@H](CCC(=O)O)C(N)=O. The Labute approximate surface area is 175 Å². The Hall–Kier alpha value is -3.07. The van der Waals surface area contributed by atoms with Crippen LogP contribution in [0.25, 0.3) is 11.3 Å². The number of alkyl halides is 1. The smallest absolute Gasteiger partial charge is 0.303 e. The maximum atomic E-state index is 15.4. The number of nitrogens with zero attached hydrogens (tertiary/aromatic N) is 2. The molecule has 3 N–H and O–H groups in total. The van der Waals surface area contributed by atoms with Crippen molar-refractivity contribution in [2.45, 2.75) is 37.7 Å². The molecule has 1 aliphatic rings. The molecule has 0 aliphatic carbocycles. The van der Waals surface area contributed by atoms with Crippen molar-refractivity contribution in [2.75, 3.05) is 0 Å². The summed E-state index contributed by atoms with van der Waals surface area (Å²) < 4.78 is 30.1. The Bertz CT molecular complexity index is 1050. The first-order valence-corrected chi connectivity index (χ1v) is 9.58. The molecule has 10 heteroatoms. The summed E-state index contributed by atoms with van der Waals surface area (Å²) in [6.45, 7) is 1.49. The van der Waals surface area contributed by atoms with Gasteiger partial charge in [-0.25, -0.2) is 8.78 Å². The van der Waals surface area contributed by atoms with Crippen LogP contribution in [0.1, 0.15) is 47.3 Å². The molecule has 0 radical (unpaired) electrons. The number of amides is 2. The highest BCUT2D eigenvalue weighted by atomic mass is 35.5. The lowest BCUT2D eigenvalue weighted by Crippen LogP contribution is -2.46. The normalized spacial score (nSPS) is 16.5. The van der Waals surface area contributed by atoms with Gasteiger partial charge in [-0.05, 0) is 31.5 Å². The molecule has 1 aromatic carbocycles. The van der Waals surface area contributed by atoms with Gasteiger partial charge in [0.25, 0.3) is 5.91 Å². The zero-order chi connectivity index (χ0) is 22.2. The average molecular weight is 438 g/mol. The molecular formula is C20H18ClF2N3O4. The second-order valence-corrected chi connectivity index (χ2v) is 7.16. The lowest BCUT2D eigenvalue weighted by molar-refractivity contribution is -0.137. The number of primary amides is 1. The third-order valence-electron chi connectivity index (χ3n) is 5.14. The number of halogens is 3. The molecule has 3 rings (SSSR count). The number of rotatable bonds is 7. The summed E-state index contributed by atoms with van der Waals surface area (Å²) in [4.78, 5) is 40.6. The molecule has 30 heavy (non-hydrogen) atoms. The van der Waals surface area contributed by atoms with Crippen LogP contribution in [0.3, 0.4) is 0 Å². The third kappa shape index (κ3) is 3.60. The van der Waals surface area contributed by atoms with Crippen molar-refractivity contribution in [3.63, 3.8) is 0 Å². The van der Waals surface area contributed by atoms with Gasteiger partial charge in [0.2, 0.25) is 5.91 Å². The first-order valence-electron chi connectivity index (χ1n) is 9.04. The van der Waals surface area contributed by atoms with Crippen molar-refractivity contribution in [1.82, 2.24) is 9.88 Å². The number of hydrogen-bond donors (Lipinski definition) is 2. The van der Waals surface area contributed by atoms with E-state index in [1.807, 2.05) is 0 Å². The summed E-state index contributed by atoms with van der Waals surface area (Å²) in [5, 5.41) is 8.90. The highest BCUT2D eigenvalue weighted by Crippen LogP contribution is 2.40. The molecular weight excluding hydrogens is 420 g/mol. The molecule has 0 fully saturated rings. The van der Waals surface area contributed by atoms with Crippen molar-refractivity contribution in [3.05, 3.63) is 52.7 Å². The molecule has 1 aliphatic heterocycles. The van der Waals surface area contributed by atoms with Crippen molar-refractivity contribution in [1.29, 1.82) is 0 Å². The molecule has 7 nitrogen and oxygen atoms in total. The molecule has 2 atom stereocenters. The molecule has 0 spiro atoms. The average Bonchev–Trinajstić information content (AvgIpc) is 2.94. The first kappa shape index (κ1) is 21.6. The number of carbonyl (C=O) groups excluding carboxylic acids is 2. The quantitative estimate of drug-likeness (QED) is 0.646. The van der Waals surface area contributed by atoms with Crippen molar-refractivity contribution < 1.29 is 28.3 Å². The minimum atomic E-state index is -1.23. The predicted octanol–water partition coefficient (Wildman–Crippen LogP) is 3.00. The van der Waals surface area contributed by atoms with Crippen LogP contribution in [-0.2, 0) is 15.5 Å². The van der Waals surface area contributed by atoms with Gasteiger partial charge in [0.05, 0.1) is 11.9 Å². The summed E-state index contributed by atoms with van der Waals surface area (Å²) in [5.41, 5.74) is 5.10. The Balaban J connectivity index is 2.07. The van der Waals surface area contributed by atoms with Gasteiger partial charge in [-0.1, -0.05) is 0 Å². The highest BCUT2D eigenvalue weighted by molar-refractivity contribution is 6.17. The fraction of sp³-hybridized carbons (Fsp3) is 0.300. The Morgan fingerprint density at radius 1 is 1.27 bits per heavy atom. The molecule has 2 amide bonds. The van der Waals surface area contributed by atoms with E-state index >= 15 is 4.39 Å². The van der Waals surface area contributed by atoms with Gasteiger partial charge < -0.3 is 15.7 Å². The lowest BCUT2D eigenvalue weighted by Gasteiger charge is -2.29. The van der Waals surface area contributed by atoms with Crippen LogP contribution in [-0.4, -0.2) is 38.8 Å². The molecule has 0 unspecified atom stereocenters. The zero-order valence-corrected chi connectivity index (χ0v) is 16.6. The predicted molar refractivity (Wildman–Crippen MR) is 104 cm³/mol. The van der Waals surface area contributed by atoms with Gasteiger partial charge in [0, 0.05) is 34.9 Å². The lowest BCUT2D eigenvalue weighted by atomic mass is 9.98. The van der Waals surface area contributed by atoms with E-state index in [9.17, 15) is 18.8 Å². The Morgan fingerprint density at radius 3 is 2.53 bits per heavy atom. The van der Waals surface area contributed by atoms with Crippen LogP contribution in [0.4, 0.5) is 8.78 Å². The summed E-state index contributed by atoms with van der Waals surface area (Å²) in [6, 6.07) is 1.80. The number of carboxylic acids is 1. The summed E-state index contributed by atoms with van der Waals surface area (Å²) in [5.74, 6) is -4.45. The van der Waals surface area contributed by atoms with Crippen LogP contribution >= 0.6 is 11.6 Å².